The number of benzene rings is 1. The quantitative estimate of drug-likeness (QED) is 0.560. The first kappa shape index (κ1) is 12.6. The van der Waals surface area contributed by atoms with Gasteiger partial charge in [-0.1, -0.05) is 32.0 Å². The zero-order chi connectivity index (χ0) is 10.9. The summed E-state index contributed by atoms with van der Waals surface area (Å²) in [6.45, 7) is 5.53. The van der Waals surface area contributed by atoms with Crippen molar-refractivity contribution in [1.29, 1.82) is 0 Å². The first-order valence-electron chi connectivity index (χ1n) is 5.70. The molecule has 2 heteroatoms. The Labute approximate surface area is 97.7 Å². The molecule has 0 bridgehead atoms. The lowest BCUT2D eigenvalue weighted by Crippen LogP contribution is -2.23. The molecule has 0 aliphatic carbocycles. The van der Waals surface area contributed by atoms with E-state index in [0.29, 0.717) is 6.04 Å². The molecule has 0 saturated heterocycles. The van der Waals surface area contributed by atoms with Gasteiger partial charge in [0.05, 0.1) is 0 Å². The zero-order valence-electron chi connectivity index (χ0n) is 9.70. The van der Waals surface area contributed by atoms with Crippen molar-refractivity contribution in [2.45, 2.75) is 37.6 Å². The van der Waals surface area contributed by atoms with Crippen LogP contribution in [0.5, 0.6) is 0 Å². The van der Waals surface area contributed by atoms with Crippen LogP contribution in [0.3, 0.4) is 0 Å². The van der Waals surface area contributed by atoms with E-state index >= 15 is 0 Å². The maximum atomic E-state index is 3.43. The molecule has 0 aromatic heterocycles. The third-order valence-electron chi connectivity index (χ3n) is 2.14. The number of thioether (sulfide) groups is 1. The van der Waals surface area contributed by atoms with Gasteiger partial charge in [-0.2, -0.15) is 0 Å². The Bertz CT molecular complexity index is 246. The van der Waals surface area contributed by atoms with E-state index in [4.69, 9.17) is 0 Å². The van der Waals surface area contributed by atoms with Gasteiger partial charge in [-0.15, -0.1) is 11.8 Å². The van der Waals surface area contributed by atoms with Gasteiger partial charge >= 0.3 is 0 Å². The van der Waals surface area contributed by atoms with Crippen LogP contribution >= 0.6 is 11.8 Å². The summed E-state index contributed by atoms with van der Waals surface area (Å²) in [7, 11) is 0. The largest absolute Gasteiger partial charge is 0.315 e. The minimum Gasteiger partial charge on any atom is -0.315 e. The molecule has 1 nitrogen and oxygen atoms in total. The van der Waals surface area contributed by atoms with Crippen molar-refractivity contribution in [3.8, 4) is 0 Å². The van der Waals surface area contributed by atoms with Crippen molar-refractivity contribution in [1.82, 2.24) is 5.32 Å². The van der Waals surface area contributed by atoms with Gasteiger partial charge in [0.2, 0.25) is 0 Å². The Morgan fingerprint density at radius 2 is 1.87 bits per heavy atom. The number of unbranched alkanes of at least 4 members (excludes halogenated alkanes) is 1. The fraction of sp³-hybridized carbons (Fsp3) is 0.538. The highest BCUT2D eigenvalue weighted by molar-refractivity contribution is 7.99. The maximum Gasteiger partial charge on any atom is 0.00719 e. The molecule has 84 valence electrons. The lowest BCUT2D eigenvalue weighted by atomic mass is 10.3. The summed E-state index contributed by atoms with van der Waals surface area (Å²) < 4.78 is 0. The van der Waals surface area contributed by atoms with Gasteiger partial charge < -0.3 is 5.32 Å². The fourth-order valence-electron chi connectivity index (χ4n) is 1.32. The second-order valence-corrected chi connectivity index (χ2v) is 5.15. The first-order valence-corrected chi connectivity index (χ1v) is 6.69. The molecule has 0 atom stereocenters. The second kappa shape index (κ2) is 7.77. The number of nitrogens with one attached hydrogen (secondary N) is 1. The van der Waals surface area contributed by atoms with Crippen LogP contribution in [0.25, 0.3) is 0 Å². The Balaban J connectivity index is 1.98. The Kier molecular flexibility index (Phi) is 6.53. The molecule has 0 fully saturated rings. The Hall–Kier alpha value is -0.470. The van der Waals surface area contributed by atoms with Crippen LogP contribution in [0.2, 0.25) is 0 Å². The van der Waals surface area contributed by atoms with Crippen LogP contribution in [-0.4, -0.2) is 18.3 Å². The molecule has 0 unspecified atom stereocenters. The molecule has 1 aromatic rings. The van der Waals surface area contributed by atoms with E-state index in [2.05, 4.69) is 49.5 Å². The van der Waals surface area contributed by atoms with E-state index in [1.165, 1.54) is 23.5 Å². The lowest BCUT2D eigenvalue weighted by Gasteiger charge is -2.07. The molecular formula is C13H21NS. The normalized spacial score (nSPS) is 10.9. The molecule has 0 radical (unpaired) electrons. The van der Waals surface area contributed by atoms with Crippen LogP contribution in [0.15, 0.2) is 35.2 Å². The van der Waals surface area contributed by atoms with E-state index in [1.54, 1.807) is 0 Å². The minimum atomic E-state index is 0.617. The highest BCUT2D eigenvalue weighted by atomic mass is 32.2. The standard InChI is InChI=1S/C13H21NS/c1-12(2)14-10-6-7-11-15-13-8-4-3-5-9-13/h3-5,8-9,12,14H,6-7,10-11H2,1-2H3. The fourth-order valence-corrected chi connectivity index (χ4v) is 2.26. The lowest BCUT2D eigenvalue weighted by molar-refractivity contribution is 0.567. The molecule has 1 N–H and O–H groups in total. The van der Waals surface area contributed by atoms with E-state index in [0.717, 1.165) is 6.54 Å². The molecule has 0 spiro atoms. The highest BCUT2D eigenvalue weighted by Gasteiger charge is 1.94. The van der Waals surface area contributed by atoms with E-state index in [1.807, 2.05) is 11.8 Å². The second-order valence-electron chi connectivity index (χ2n) is 3.98. The van der Waals surface area contributed by atoms with Crippen LogP contribution in [0.4, 0.5) is 0 Å². The van der Waals surface area contributed by atoms with E-state index in [9.17, 15) is 0 Å². The smallest absolute Gasteiger partial charge is 0.00719 e. The summed E-state index contributed by atoms with van der Waals surface area (Å²) in [6.07, 6.45) is 2.57. The first-order chi connectivity index (χ1) is 7.29. The Morgan fingerprint density at radius 1 is 1.13 bits per heavy atom. The molecule has 0 saturated carbocycles. The monoisotopic (exact) mass is 223 g/mol. The Morgan fingerprint density at radius 3 is 2.53 bits per heavy atom. The van der Waals surface area contributed by atoms with Gasteiger partial charge in [-0.25, -0.2) is 0 Å². The predicted molar refractivity (Wildman–Crippen MR) is 69.5 cm³/mol. The summed E-state index contributed by atoms with van der Waals surface area (Å²) in [5, 5.41) is 3.43. The van der Waals surface area contributed by atoms with Crippen molar-refractivity contribution < 1.29 is 0 Å². The molecule has 0 aliphatic heterocycles. The molecular weight excluding hydrogens is 202 g/mol. The summed E-state index contributed by atoms with van der Waals surface area (Å²) in [5.41, 5.74) is 0. The highest BCUT2D eigenvalue weighted by Crippen LogP contribution is 2.17. The third kappa shape index (κ3) is 6.58. The third-order valence-corrected chi connectivity index (χ3v) is 3.23. The van der Waals surface area contributed by atoms with Gasteiger partial charge in [-0.3, -0.25) is 0 Å². The van der Waals surface area contributed by atoms with Gasteiger partial charge in [0.25, 0.3) is 0 Å². The summed E-state index contributed by atoms with van der Waals surface area (Å²) in [6, 6.07) is 11.2. The van der Waals surface area contributed by atoms with Crippen molar-refractivity contribution in [2.24, 2.45) is 0 Å². The van der Waals surface area contributed by atoms with Crippen LogP contribution in [0, 0.1) is 0 Å². The summed E-state index contributed by atoms with van der Waals surface area (Å²) in [4.78, 5) is 1.38. The van der Waals surface area contributed by atoms with Crippen molar-refractivity contribution in [2.75, 3.05) is 12.3 Å². The number of hydrogen-bond acceptors (Lipinski definition) is 2. The molecule has 0 aliphatic rings. The van der Waals surface area contributed by atoms with E-state index in [-0.39, 0.29) is 0 Å². The van der Waals surface area contributed by atoms with Crippen molar-refractivity contribution >= 4 is 11.8 Å². The minimum absolute atomic E-state index is 0.617. The molecule has 1 rings (SSSR count). The summed E-state index contributed by atoms with van der Waals surface area (Å²) in [5.74, 6) is 1.23. The number of hydrogen-bond donors (Lipinski definition) is 1. The molecule has 15 heavy (non-hydrogen) atoms. The average molecular weight is 223 g/mol. The predicted octanol–water partition coefficient (Wildman–Crippen LogP) is 3.56. The van der Waals surface area contributed by atoms with Gasteiger partial charge in [-0.05, 0) is 37.3 Å². The molecule has 1 aromatic carbocycles. The van der Waals surface area contributed by atoms with Gasteiger partial charge in [0.15, 0.2) is 0 Å². The molecule has 0 amide bonds. The van der Waals surface area contributed by atoms with Gasteiger partial charge in [0.1, 0.15) is 0 Å². The zero-order valence-corrected chi connectivity index (χ0v) is 10.5. The topological polar surface area (TPSA) is 12.0 Å². The van der Waals surface area contributed by atoms with Crippen molar-refractivity contribution in [3.63, 3.8) is 0 Å². The molecule has 0 heterocycles. The van der Waals surface area contributed by atoms with Crippen molar-refractivity contribution in [3.05, 3.63) is 30.3 Å². The SMILES string of the molecule is CC(C)NCCCCSc1ccccc1. The van der Waals surface area contributed by atoms with Crippen LogP contribution in [0.1, 0.15) is 26.7 Å². The summed E-state index contributed by atoms with van der Waals surface area (Å²) >= 11 is 1.95. The maximum absolute atomic E-state index is 3.43. The average Bonchev–Trinajstić information content (AvgIpc) is 2.24. The number of rotatable bonds is 7. The van der Waals surface area contributed by atoms with Crippen LogP contribution in [-0.2, 0) is 0 Å². The van der Waals surface area contributed by atoms with E-state index < -0.39 is 0 Å². The van der Waals surface area contributed by atoms with Crippen LogP contribution < -0.4 is 5.32 Å². The van der Waals surface area contributed by atoms with Gasteiger partial charge in [0, 0.05) is 10.9 Å².